The van der Waals surface area contributed by atoms with E-state index in [2.05, 4.69) is 42.3 Å². The summed E-state index contributed by atoms with van der Waals surface area (Å²) in [5.41, 5.74) is 5.53. The summed E-state index contributed by atoms with van der Waals surface area (Å²) in [5.74, 6) is 2.25. The number of pyridine rings is 1. The van der Waals surface area contributed by atoms with Crippen LogP contribution in [0.1, 0.15) is 30.7 Å². The number of hydrogen-bond donors (Lipinski definition) is 1. The lowest BCUT2D eigenvalue weighted by molar-refractivity contribution is 0.263. The third kappa shape index (κ3) is 5.52. The Morgan fingerprint density at radius 1 is 1.00 bits per heavy atom. The van der Waals surface area contributed by atoms with E-state index in [0.29, 0.717) is 19.0 Å². The zero-order valence-electron chi connectivity index (χ0n) is 21.5. The molecule has 1 aliphatic heterocycles. The molecule has 1 N–H and O–H groups in total. The first kappa shape index (κ1) is 24.1. The molecule has 1 saturated heterocycles. The molecule has 5 heterocycles. The van der Waals surface area contributed by atoms with E-state index in [1.165, 1.54) is 25.9 Å². The van der Waals surface area contributed by atoms with Crippen molar-refractivity contribution in [2.75, 3.05) is 31.6 Å². The minimum atomic E-state index is 0.639. The first-order chi connectivity index (χ1) is 18.7. The summed E-state index contributed by atoms with van der Waals surface area (Å²) in [6.45, 7) is 6.74. The third-order valence-corrected chi connectivity index (χ3v) is 6.84. The Hall–Kier alpha value is -4.24. The SMILES string of the molecule is Cc1nc(-c2ccc(CNc3cc(-c4cnc5cc(OCCCN6CCCC6)ccn45)ncn3)cc2)co1. The largest absolute Gasteiger partial charge is 0.493 e. The van der Waals surface area contributed by atoms with Crippen molar-refractivity contribution < 1.29 is 9.15 Å². The number of aryl methyl sites for hydroxylation is 1. The highest BCUT2D eigenvalue weighted by Crippen LogP contribution is 2.24. The molecule has 1 fully saturated rings. The lowest BCUT2D eigenvalue weighted by Gasteiger charge is -2.14. The van der Waals surface area contributed by atoms with Gasteiger partial charge in [0.05, 0.1) is 24.2 Å². The molecule has 1 aromatic carbocycles. The molecule has 194 valence electrons. The summed E-state index contributed by atoms with van der Waals surface area (Å²) in [4.78, 5) is 20.4. The van der Waals surface area contributed by atoms with Gasteiger partial charge in [-0.15, -0.1) is 0 Å². The van der Waals surface area contributed by atoms with Crippen molar-refractivity contribution in [3.8, 4) is 28.4 Å². The monoisotopic (exact) mass is 509 g/mol. The molecule has 0 saturated carbocycles. The number of fused-ring (bicyclic) bond motifs is 1. The van der Waals surface area contributed by atoms with Crippen LogP contribution in [-0.4, -0.2) is 55.5 Å². The molecule has 4 aromatic heterocycles. The van der Waals surface area contributed by atoms with Crippen molar-refractivity contribution in [3.63, 3.8) is 0 Å². The van der Waals surface area contributed by atoms with E-state index >= 15 is 0 Å². The number of ether oxygens (including phenoxy) is 1. The van der Waals surface area contributed by atoms with Gasteiger partial charge in [-0.05, 0) is 44.0 Å². The third-order valence-electron chi connectivity index (χ3n) is 6.84. The maximum atomic E-state index is 5.99. The number of nitrogens with zero attached hydrogens (tertiary/aromatic N) is 6. The van der Waals surface area contributed by atoms with Gasteiger partial charge in [0.25, 0.3) is 0 Å². The van der Waals surface area contributed by atoms with Crippen LogP contribution in [0, 0.1) is 6.92 Å². The van der Waals surface area contributed by atoms with Gasteiger partial charge in [-0.1, -0.05) is 24.3 Å². The second-order valence-corrected chi connectivity index (χ2v) is 9.58. The van der Waals surface area contributed by atoms with Gasteiger partial charge in [0.2, 0.25) is 0 Å². The summed E-state index contributed by atoms with van der Waals surface area (Å²) in [5, 5.41) is 3.39. The van der Waals surface area contributed by atoms with Gasteiger partial charge < -0.3 is 19.4 Å². The number of anilines is 1. The van der Waals surface area contributed by atoms with Crippen LogP contribution in [0.4, 0.5) is 5.82 Å². The van der Waals surface area contributed by atoms with Gasteiger partial charge in [-0.2, -0.15) is 0 Å². The quantitative estimate of drug-likeness (QED) is 0.256. The maximum Gasteiger partial charge on any atom is 0.191 e. The van der Waals surface area contributed by atoms with E-state index in [9.17, 15) is 0 Å². The molecule has 6 rings (SSSR count). The van der Waals surface area contributed by atoms with Crippen LogP contribution >= 0.6 is 0 Å². The van der Waals surface area contributed by atoms with Crippen LogP contribution in [0.15, 0.2) is 71.9 Å². The van der Waals surface area contributed by atoms with Crippen molar-refractivity contribution in [2.24, 2.45) is 0 Å². The molecular formula is C29H31N7O2. The molecule has 9 heteroatoms. The first-order valence-corrected chi connectivity index (χ1v) is 13.1. The van der Waals surface area contributed by atoms with Crippen LogP contribution in [0.3, 0.4) is 0 Å². The van der Waals surface area contributed by atoms with E-state index < -0.39 is 0 Å². The van der Waals surface area contributed by atoms with Gasteiger partial charge in [-0.3, -0.25) is 4.40 Å². The summed E-state index contributed by atoms with van der Waals surface area (Å²) in [6.07, 6.45) is 10.8. The van der Waals surface area contributed by atoms with Gasteiger partial charge in [0, 0.05) is 43.9 Å². The Morgan fingerprint density at radius 2 is 1.87 bits per heavy atom. The molecule has 1 aliphatic rings. The van der Waals surface area contributed by atoms with Crippen molar-refractivity contribution in [1.82, 2.24) is 29.2 Å². The molecule has 0 atom stereocenters. The van der Waals surface area contributed by atoms with E-state index in [0.717, 1.165) is 58.4 Å². The molecule has 9 nitrogen and oxygen atoms in total. The number of likely N-dealkylation sites (tertiary alicyclic amines) is 1. The average Bonchev–Trinajstić information content (AvgIpc) is 3.72. The average molecular weight is 510 g/mol. The molecule has 0 amide bonds. The minimum Gasteiger partial charge on any atom is -0.493 e. The van der Waals surface area contributed by atoms with Crippen LogP contribution in [-0.2, 0) is 6.54 Å². The fraction of sp³-hybridized carbons (Fsp3) is 0.310. The molecule has 5 aromatic rings. The smallest absolute Gasteiger partial charge is 0.191 e. The first-order valence-electron chi connectivity index (χ1n) is 13.1. The van der Waals surface area contributed by atoms with E-state index in [1.807, 2.05) is 54.0 Å². The zero-order valence-corrected chi connectivity index (χ0v) is 21.5. The van der Waals surface area contributed by atoms with Gasteiger partial charge >= 0.3 is 0 Å². The van der Waals surface area contributed by atoms with E-state index in [-0.39, 0.29) is 0 Å². The minimum absolute atomic E-state index is 0.639. The number of hydrogen-bond acceptors (Lipinski definition) is 8. The highest BCUT2D eigenvalue weighted by Gasteiger charge is 2.12. The Balaban J connectivity index is 1.08. The fourth-order valence-corrected chi connectivity index (χ4v) is 4.80. The lowest BCUT2D eigenvalue weighted by Crippen LogP contribution is -2.21. The Kier molecular flexibility index (Phi) is 6.99. The Labute approximate surface area is 221 Å². The summed E-state index contributed by atoms with van der Waals surface area (Å²) >= 11 is 0. The highest BCUT2D eigenvalue weighted by atomic mass is 16.5. The number of imidazole rings is 1. The van der Waals surface area contributed by atoms with Crippen molar-refractivity contribution >= 4 is 11.5 Å². The van der Waals surface area contributed by atoms with Crippen LogP contribution < -0.4 is 10.1 Å². The topological polar surface area (TPSA) is 93.6 Å². The van der Waals surface area contributed by atoms with E-state index in [4.69, 9.17) is 9.15 Å². The summed E-state index contributed by atoms with van der Waals surface area (Å²) < 4.78 is 13.3. The van der Waals surface area contributed by atoms with Gasteiger partial charge in [0.1, 0.15) is 35.5 Å². The maximum absolute atomic E-state index is 5.99. The Bertz CT molecular complexity index is 1500. The zero-order chi connectivity index (χ0) is 25.7. The van der Waals surface area contributed by atoms with Gasteiger partial charge in [0.15, 0.2) is 5.89 Å². The van der Waals surface area contributed by atoms with Crippen LogP contribution in [0.25, 0.3) is 28.3 Å². The lowest BCUT2D eigenvalue weighted by atomic mass is 10.1. The number of nitrogens with one attached hydrogen (secondary N) is 1. The molecule has 0 unspecified atom stereocenters. The summed E-state index contributed by atoms with van der Waals surface area (Å²) in [6, 6.07) is 14.1. The second-order valence-electron chi connectivity index (χ2n) is 9.58. The molecule has 0 bridgehead atoms. The molecule has 0 aliphatic carbocycles. The van der Waals surface area contributed by atoms with Gasteiger partial charge in [-0.25, -0.2) is 19.9 Å². The standard InChI is InChI=1S/C29H31N7O2/c1-21-34-26(19-38-21)23-7-5-22(6-8-23)17-30-28-16-25(32-20-33-28)27-18-31-29-15-24(9-13-36(27)29)37-14-4-12-35-10-2-3-11-35/h5-9,13,15-16,18-20H,2-4,10-12,14,17H2,1H3,(H,30,32,33). The molecular weight excluding hydrogens is 478 g/mol. The number of rotatable bonds is 10. The fourth-order valence-electron chi connectivity index (χ4n) is 4.80. The van der Waals surface area contributed by atoms with E-state index in [1.54, 1.807) is 12.6 Å². The second kappa shape index (κ2) is 11.0. The van der Waals surface area contributed by atoms with Crippen LogP contribution in [0.5, 0.6) is 5.75 Å². The number of aromatic nitrogens is 5. The number of oxazole rings is 1. The van der Waals surface area contributed by atoms with Crippen LogP contribution in [0.2, 0.25) is 0 Å². The Morgan fingerprint density at radius 3 is 2.68 bits per heavy atom. The van der Waals surface area contributed by atoms with Crippen molar-refractivity contribution in [1.29, 1.82) is 0 Å². The summed E-state index contributed by atoms with van der Waals surface area (Å²) in [7, 11) is 0. The number of benzene rings is 1. The van der Waals surface area contributed by atoms with Crippen molar-refractivity contribution in [3.05, 3.63) is 78.9 Å². The predicted molar refractivity (Wildman–Crippen MR) is 146 cm³/mol. The predicted octanol–water partition coefficient (Wildman–Crippen LogP) is 5.23. The van der Waals surface area contributed by atoms with Crippen molar-refractivity contribution in [2.45, 2.75) is 32.7 Å². The molecule has 0 spiro atoms. The molecule has 0 radical (unpaired) electrons. The molecule has 38 heavy (non-hydrogen) atoms. The highest BCUT2D eigenvalue weighted by molar-refractivity contribution is 5.63. The normalized spacial score (nSPS) is 13.8.